The average molecular weight is 425 g/mol. The standard InChI is InChI=1S/C21H22F3NO5/c1-15(26)18-8-7-17(13-19(18)21(22,23)24)29-12-11-28-10-9-25-20(27)30-14-16-5-3-2-4-6-16/h2-8,13H,9-12,14H2,1H3,(H,25,27). The Morgan fingerprint density at radius 3 is 2.40 bits per heavy atom. The minimum Gasteiger partial charge on any atom is -0.491 e. The maximum Gasteiger partial charge on any atom is 0.417 e. The molecule has 2 rings (SSSR count). The Balaban J connectivity index is 1.63. The van der Waals surface area contributed by atoms with E-state index >= 15 is 0 Å². The first-order chi connectivity index (χ1) is 14.3. The van der Waals surface area contributed by atoms with Crippen LogP contribution in [0.25, 0.3) is 0 Å². The molecule has 0 unspecified atom stereocenters. The van der Waals surface area contributed by atoms with Crippen molar-refractivity contribution >= 4 is 11.9 Å². The summed E-state index contributed by atoms with van der Waals surface area (Å²) in [6.45, 7) is 1.74. The quantitative estimate of drug-likeness (QED) is 0.456. The third-order valence-electron chi connectivity index (χ3n) is 3.90. The van der Waals surface area contributed by atoms with Crippen LogP contribution in [0.3, 0.4) is 0 Å². The summed E-state index contributed by atoms with van der Waals surface area (Å²) >= 11 is 0. The van der Waals surface area contributed by atoms with E-state index in [0.717, 1.165) is 24.6 Å². The average Bonchev–Trinajstić information content (AvgIpc) is 2.71. The Bertz CT molecular complexity index is 840. The molecule has 0 radical (unpaired) electrons. The van der Waals surface area contributed by atoms with Gasteiger partial charge in [-0.3, -0.25) is 4.79 Å². The minimum atomic E-state index is -4.66. The van der Waals surface area contributed by atoms with Crippen LogP contribution in [0, 0.1) is 0 Å². The number of ether oxygens (including phenoxy) is 3. The van der Waals surface area contributed by atoms with Crippen LogP contribution in [0.4, 0.5) is 18.0 Å². The zero-order chi connectivity index (χ0) is 22.0. The predicted octanol–water partition coefficient (Wildman–Crippen LogP) is 4.23. The van der Waals surface area contributed by atoms with Gasteiger partial charge in [-0.05, 0) is 30.7 Å². The number of amides is 1. The summed E-state index contributed by atoms with van der Waals surface area (Å²) in [5.74, 6) is -0.689. The van der Waals surface area contributed by atoms with Gasteiger partial charge in [-0.1, -0.05) is 30.3 Å². The molecule has 0 saturated carbocycles. The van der Waals surface area contributed by atoms with Gasteiger partial charge in [0, 0.05) is 12.1 Å². The monoisotopic (exact) mass is 425 g/mol. The van der Waals surface area contributed by atoms with Gasteiger partial charge >= 0.3 is 12.3 Å². The normalized spacial score (nSPS) is 11.1. The second-order valence-corrected chi connectivity index (χ2v) is 6.21. The molecule has 0 spiro atoms. The predicted molar refractivity (Wildman–Crippen MR) is 102 cm³/mol. The lowest BCUT2D eigenvalue weighted by atomic mass is 10.0. The fourth-order valence-corrected chi connectivity index (χ4v) is 2.47. The first-order valence-corrected chi connectivity index (χ1v) is 9.14. The number of benzene rings is 2. The van der Waals surface area contributed by atoms with Crippen molar-refractivity contribution in [3.8, 4) is 5.75 Å². The first kappa shape index (κ1) is 23.2. The van der Waals surface area contributed by atoms with Crippen LogP contribution in [0.1, 0.15) is 28.4 Å². The summed E-state index contributed by atoms with van der Waals surface area (Å²) in [6.07, 6.45) is -5.23. The van der Waals surface area contributed by atoms with Crippen molar-refractivity contribution in [1.82, 2.24) is 5.32 Å². The molecular formula is C21H22F3NO5. The number of carbonyl (C=O) groups is 2. The number of rotatable bonds is 10. The molecule has 1 amide bonds. The molecule has 6 nitrogen and oxygen atoms in total. The zero-order valence-corrected chi connectivity index (χ0v) is 16.3. The number of nitrogens with one attached hydrogen (secondary N) is 1. The Kier molecular flexibility index (Phi) is 8.67. The van der Waals surface area contributed by atoms with Crippen LogP contribution >= 0.6 is 0 Å². The third kappa shape index (κ3) is 7.75. The van der Waals surface area contributed by atoms with Gasteiger partial charge in [0.05, 0.1) is 18.8 Å². The number of halogens is 3. The number of hydrogen-bond acceptors (Lipinski definition) is 5. The highest BCUT2D eigenvalue weighted by molar-refractivity contribution is 5.95. The van der Waals surface area contributed by atoms with E-state index in [1.54, 1.807) is 0 Å². The van der Waals surface area contributed by atoms with Crippen LogP contribution in [-0.2, 0) is 22.3 Å². The molecule has 2 aromatic rings. The Hall–Kier alpha value is -3.07. The minimum absolute atomic E-state index is 0.00910. The SMILES string of the molecule is CC(=O)c1ccc(OCCOCCNC(=O)OCc2ccccc2)cc1C(F)(F)F. The molecule has 0 fully saturated rings. The summed E-state index contributed by atoms with van der Waals surface area (Å²) < 4.78 is 54.7. The summed E-state index contributed by atoms with van der Waals surface area (Å²) in [6, 6.07) is 12.4. The lowest BCUT2D eigenvalue weighted by Crippen LogP contribution is -2.28. The lowest BCUT2D eigenvalue weighted by Gasteiger charge is -2.13. The first-order valence-electron chi connectivity index (χ1n) is 9.14. The van der Waals surface area contributed by atoms with E-state index in [1.165, 1.54) is 6.07 Å². The van der Waals surface area contributed by atoms with Crippen LogP contribution < -0.4 is 10.1 Å². The number of alkyl halides is 3. The van der Waals surface area contributed by atoms with Crippen molar-refractivity contribution in [1.29, 1.82) is 0 Å². The van der Waals surface area contributed by atoms with Gasteiger partial charge in [-0.15, -0.1) is 0 Å². The van der Waals surface area contributed by atoms with E-state index in [-0.39, 0.29) is 38.7 Å². The highest BCUT2D eigenvalue weighted by Gasteiger charge is 2.34. The molecule has 2 aromatic carbocycles. The van der Waals surface area contributed by atoms with Gasteiger partial charge < -0.3 is 19.5 Å². The highest BCUT2D eigenvalue weighted by Crippen LogP contribution is 2.34. The van der Waals surface area contributed by atoms with E-state index in [4.69, 9.17) is 14.2 Å². The topological polar surface area (TPSA) is 73.9 Å². The Morgan fingerprint density at radius 2 is 1.73 bits per heavy atom. The van der Waals surface area contributed by atoms with E-state index in [1.807, 2.05) is 30.3 Å². The number of carbonyl (C=O) groups excluding carboxylic acids is 2. The van der Waals surface area contributed by atoms with Crippen molar-refractivity contribution in [3.63, 3.8) is 0 Å². The van der Waals surface area contributed by atoms with Crippen LogP contribution in [0.2, 0.25) is 0 Å². The second-order valence-electron chi connectivity index (χ2n) is 6.21. The van der Waals surface area contributed by atoms with E-state index < -0.39 is 29.2 Å². The highest BCUT2D eigenvalue weighted by atomic mass is 19.4. The van der Waals surface area contributed by atoms with Crippen molar-refractivity contribution in [2.45, 2.75) is 19.7 Å². The van der Waals surface area contributed by atoms with Gasteiger partial charge in [0.25, 0.3) is 0 Å². The fourth-order valence-electron chi connectivity index (χ4n) is 2.47. The lowest BCUT2D eigenvalue weighted by molar-refractivity contribution is -0.138. The maximum absolute atomic E-state index is 13.1. The molecule has 0 aliphatic carbocycles. The smallest absolute Gasteiger partial charge is 0.417 e. The molecule has 0 aliphatic heterocycles. The molecule has 0 aromatic heterocycles. The zero-order valence-electron chi connectivity index (χ0n) is 16.3. The number of ketones is 1. The third-order valence-corrected chi connectivity index (χ3v) is 3.90. The Morgan fingerprint density at radius 1 is 1.00 bits per heavy atom. The van der Waals surface area contributed by atoms with E-state index in [2.05, 4.69) is 5.32 Å². The molecule has 30 heavy (non-hydrogen) atoms. The number of hydrogen-bond donors (Lipinski definition) is 1. The molecule has 0 saturated heterocycles. The summed E-state index contributed by atoms with van der Waals surface area (Å²) in [4.78, 5) is 22.9. The fraction of sp³-hybridized carbons (Fsp3) is 0.333. The van der Waals surface area contributed by atoms with Crippen molar-refractivity contribution in [2.75, 3.05) is 26.4 Å². The van der Waals surface area contributed by atoms with Gasteiger partial charge in [-0.2, -0.15) is 13.2 Å². The van der Waals surface area contributed by atoms with Gasteiger partial charge in [-0.25, -0.2) is 4.79 Å². The molecule has 162 valence electrons. The van der Waals surface area contributed by atoms with Crippen molar-refractivity contribution in [2.24, 2.45) is 0 Å². The van der Waals surface area contributed by atoms with Crippen LogP contribution in [0.15, 0.2) is 48.5 Å². The second kappa shape index (κ2) is 11.2. The van der Waals surface area contributed by atoms with Crippen molar-refractivity contribution in [3.05, 3.63) is 65.2 Å². The molecular weight excluding hydrogens is 403 g/mol. The molecule has 0 heterocycles. The van der Waals surface area contributed by atoms with Crippen molar-refractivity contribution < 1.29 is 37.0 Å². The summed E-state index contributed by atoms with van der Waals surface area (Å²) in [5, 5.41) is 2.52. The molecule has 9 heteroatoms. The number of alkyl carbamates (subject to hydrolysis) is 1. The molecule has 0 atom stereocenters. The van der Waals surface area contributed by atoms with Gasteiger partial charge in [0.15, 0.2) is 5.78 Å². The molecule has 0 aliphatic rings. The largest absolute Gasteiger partial charge is 0.491 e. The molecule has 1 N–H and O–H groups in total. The maximum atomic E-state index is 13.1. The van der Waals surface area contributed by atoms with E-state index in [0.29, 0.717) is 0 Å². The Labute approximate surface area is 171 Å². The van der Waals surface area contributed by atoms with E-state index in [9.17, 15) is 22.8 Å². The van der Waals surface area contributed by atoms with Crippen LogP contribution in [-0.4, -0.2) is 38.2 Å². The molecule has 0 bridgehead atoms. The van der Waals surface area contributed by atoms with Gasteiger partial charge in [0.1, 0.15) is 19.0 Å². The number of Topliss-reactive ketones (excluding diaryl/α,β-unsaturated/α-hetero) is 1. The summed E-state index contributed by atoms with van der Waals surface area (Å²) in [5.41, 5.74) is -0.575. The van der Waals surface area contributed by atoms with Crippen LogP contribution in [0.5, 0.6) is 5.75 Å². The van der Waals surface area contributed by atoms with Gasteiger partial charge in [0.2, 0.25) is 0 Å². The summed E-state index contributed by atoms with van der Waals surface area (Å²) in [7, 11) is 0.